The summed E-state index contributed by atoms with van der Waals surface area (Å²) in [6.07, 6.45) is 0.783. The standard InChI is InChI=1S/C13H20N2O4S/c1-4-9-15(10-13(16)19-3)11-7-5-6-8-12(11)20(17,18)14-2/h5-8,14H,4,9-10H2,1-3H3. The first-order valence-electron chi connectivity index (χ1n) is 6.30. The second kappa shape index (κ2) is 7.25. The van der Waals surface area contributed by atoms with Crippen LogP contribution >= 0.6 is 0 Å². The Morgan fingerprint density at radius 2 is 2.00 bits per heavy atom. The summed E-state index contributed by atoms with van der Waals surface area (Å²) in [6.45, 7) is 2.53. The molecule has 0 aliphatic carbocycles. The molecule has 0 amide bonds. The van der Waals surface area contributed by atoms with Crippen molar-refractivity contribution in [1.82, 2.24) is 4.72 Å². The van der Waals surface area contributed by atoms with Gasteiger partial charge in [0, 0.05) is 6.54 Å². The van der Waals surface area contributed by atoms with Gasteiger partial charge < -0.3 is 9.64 Å². The van der Waals surface area contributed by atoms with Gasteiger partial charge in [-0.2, -0.15) is 0 Å². The number of sulfonamides is 1. The third-order valence-corrected chi connectivity index (χ3v) is 4.27. The highest BCUT2D eigenvalue weighted by Gasteiger charge is 2.21. The number of methoxy groups -OCH3 is 1. The monoisotopic (exact) mass is 300 g/mol. The van der Waals surface area contributed by atoms with E-state index in [0.717, 1.165) is 6.42 Å². The van der Waals surface area contributed by atoms with Crippen LogP contribution in [0.25, 0.3) is 0 Å². The maximum atomic E-state index is 12.0. The minimum atomic E-state index is -3.58. The SMILES string of the molecule is CCCN(CC(=O)OC)c1ccccc1S(=O)(=O)NC. The number of hydrogen-bond donors (Lipinski definition) is 1. The zero-order valence-electron chi connectivity index (χ0n) is 11.9. The first-order valence-corrected chi connectivity index (χ1v) is 7.79. The fourth-order valence-electron chi connectivity index (χ4n) is 1.83. The lowest BCUT2D eigenvalue weighted by Crippen LogP contribution is -2.33. The van der Waals surface area contributed by atoms with Gasteiger partial charge in [0.25, 0.3) is 0 Å². The van der Waals surface area contributed by atoms with Crippen molar-refractivity contribution < 1.29 is 17.9 Å². The molecule has 1 N–H and O–H groups in total. The average Bonchev–Trinajstić information content (AvgIpc) is 2.46. The number of benzene rings is 1. The van der Waals surface area contributed by atoms with Crippen LogP contribution in [-0.2, 0) is 19.6 Å². The molecule has 0 fully saturated rings. The van der Waals surface area contributed by atoms with Gasteiger partial charge in [-0.25, -0.2) is 13.1 Å². The molecule has 6 nitrogen and oxygen atoms in total. The lowest BCUT2D eigenvalue weighted by atomic mass is 10.2. The number of para-hydroxylation sites is 1. The van der Waals surface area contributed by atoms with Crippen LogP contribution < -0.4 is 9.62 Å². The minimum absolute atomic E-state index is 0.0145. The van der Waals surface area contributed by atoms with E-state index in [-0.39, 0.29) is 11.4 Å². The Kier molecular flexibility index (Phi) is 5.97. The highest BCUT2D eigenvalue weighted by atomic mass is 32.2. The van der Waals surface area contributed by atoms with Crippen molar-refractivity contribution in [3.8, 4) is 0 Å². The second-order valence-corrected chi connectivity index (χ2v) is 6.03. The van der Waals surface area contributed by atoms with Crippen molar-refractivity contribution in [2.45, 2.75) is 18.2 Å². The molecule has 1 rings (SSSR count). The van der Waals surface area contributed by atoms with E-state index in [2.05, 4.69) is 9.46 Å². The molecular weight excluding hydrogens is 280 g/mol. The largest absolute Gasteiger partial charge is 0.468 e. The van der Waals surface area contributed by atoms with Crippen molar-refractivity contribution >= 4 is 21.7 Å². The Morgan fingerprint density at radius 1 is 1.35 bits per heavy atom. The van der Waals surface area contributed by atoms with E-state index in [9.17, 15) is 13.2 Å². The molecule has 7 heteroatoms. The zero-order chi connectivity index (χ0) is 15.2. The van der Waals surface area contributed by atoms with Crippen LogP contribution in [0.4, 0.5) is 5.69 Å². The molecule has 0 spiro atoms. The van der Waals surface area contributed by atoms with Gasteiger partial charge in [0.05, 0.1) is 12.8 Å². The molecular formula is C13H20N2O4S. The van der Waals surface area contributed by atoms with Crippen LogP contribution in [-0.4, -0.2) is 41.6 Å². The molecule has 0 atom stereocenters. The van der Waals surface area contributed by atoms with Gasteiger partial charge in [-0.1, -0.05) is 19.1 Å². The number of anilines is 1. The topological polar surface area (TPSA) is 75.7 Å². The summed E-state index contributed by atoms with van der Waals surface area (Å²) in [6, 6.07) is 6.59. The van der Waals surface area contributed by atoms with E-state index in [4.69, 9.17) is 0 Å². The Labute approximate surface area is 119 Å². The number of hydrogen-bond acceptors (Lipinski definition) is 5. The smallest absolute Gasteiger partial charge is 0.325 e. The fraction of sp³-hybridized carbons (Fsp3) is 0.462. The predicted octanol–water partition coefficient (Wildman–Crippen LogP) is 0.984. The Hall–Kier alpha value is -1.60. The van der Waals surface area contributed by atoms with Crippen LogP contribution in [0.5, 0.6) is 0 Å². The minimum Gasteiger partial charge on any atom is -0.468 e. The number of nitrogens with one attached hydrogen (secondary N) is 1. The zero-order valence-corrected chi connectivity index (χ0v) is 12.7. The molecule has 1 aromatic carbocycles. The van der Waals surface area contributed by atoms with Crippen molar-refractivity contribution in [3.63, 3.8) is 0 Å². The van der Waals surface area contributed by atoms with Gasteiger partial charge in [-0.3, -0.25) is 4.79 Å². The van der Waals surface area contributed by atoms with Crippen LogP contribution in [0.15, 0.2) is 29.2 Å². The number of carbonyl (C=O) groups is 1. The summed E-state index contributed by atoms with van der Waals surface area (Å²) < 4.78 is 31.0. The maximum absolute atomic E-state index is 12.0. The Bertz CT molecular complexity index is 557. The second-order valence-electron chi connectivity index (χ2n) is 4.17. The van der Waals surface area contributed by atoms with E-state index in [0.29, 0.717) is 12.2 Å². The first kappa shape index (κ1) is 16.5. The van der Waals surface area contributed by atoms with E-state index in [1.54, 1.807) is 23.1 Å². The lowest BCUT2D eigenvalue weighted by molar-refractivity contribution is -0.138. The molecule has 0 aliphatic rings. The third-order valence-electron chi connectivity index (χ3n) is 2.81. The number of esters is 1. The molecule has 20 heavy (non-hydrogen) atoms. The third kappa shape index (κ3) is 3.94. The lowest BCUT2D eigenvalue weighted by Gasteiger charge is -2.25. The average molecular weight is 300 g/mol. The number of nitrogens with zero attached hydrogens (tertiary/aromatic N) is 1. The van der Waals surface area contributed by atoms with Gasteiger partial charge in [0.2, 0.25) is 10.0 Å². The van der Waals surface area contributed by atoms with Crippen LogP contribution in [0.3, 0.4) is 0 Å². The summed E-state index contributed by atoms with van der Waals surface area (Å²) in [7, 11) is -0.913. The van der Waals surface area contributed by atoms with Crippen molar-refractivity contribution in [1.29, 1.82) is 0 Å². The van der Waals surface area contributed by atoms with Crippen molar-refractivity contribution in [3.05, 3.63) is 24.3 Å². The molecule has 1 aromatic rings. The number of rotatable bonds is 7. The number of ether oxygens (including phenoxy) is 1. The van der Waals surface area contributed by atoms with E-state index >= 15 is 0 Å². The van der Waals surface area contributed by atoms with Gasteiger partial charge in [0.1, 0.15) is 11.4 Å². The van der Waals surface area contributed by atoms with E-state index in [1.165, 1.54) is 20.2 Å². The fourth-order valence-corrected chi connectivity index (χ4v) is 2.78. The summed E-state index contributed by atoms with van der Waals surface area (Å²) in [5.41, 5.74) is 0.495. The van der Waals surface area contributed by atoms with Gasteiger partial charge in [-0.15, -0.1) is 0 Å². The van der Waals surface area contributed by atoms with Gasteiger partial charge in [0.15, 0.2) is 0 Å². The first-order chi connectivity index (χ1) is 9.46. The van der Waals surface area contributed by atoms with Crippen LogP contribution in [0, 0.1) is 0 Å². The number of carbonyl (C=O) groups excluding carboxylic acids is 1. The van der Waals surface area contributed by atoms with Gasteiger partial charge >= 0.3 is 5.97 Å². The molecule has 0 aromatic heterocycles. The summed E-state index contributed by atoms with van der Waals surface area (Å²) in [5.74, 6) is -0.407. The normalized spacial score (nSPS) is 11.2. The van der Waals surface area contributed by atoms with Crippen molar-refractivity contribution in [2.24, 2.45) is 0 Å². The summed E-state index contributed by atoms with van der Waals surface area (Å²) in [5, 5.41) is 0. The molecule has 0 saturated heterocycles. The molecule has 0 unspecified atom stereocenters. The predicted molar refractivity (Wildman–Crippen MR) is 77.2 cm³/mol. The van der Waals surface area contributed by atoms with Crippen LogP contribution in [0.1, 0.15) is 13.3 Å². The molecule has 0 bridgehead atoms. The summed E-state index contributed by atoms with van der Waals surface area (Å²) in [4.78, 5) is 13.3. The summed E-state index contributed by atoms with van der Waals surface area (Å²) >= 11 is 0. The Balaban J connectivity index is 3.23. The molecule has 0 saturated carbocycles. The molecule has 112 valence electrons. The molecule has 0 radical (unpaired) electrons. The molecule has 0 heterocycles. The Morgan fingerprint density at radius 3 is 2.55 bits per heavy atom. The van der Waals surface area contributed by atoms with E-state index in [1.807, 2.05) is 6.92 Å². The highest BCUT2D eigenvalue weighted by Crippen LogP contribution is 2.24. The van der Waals surface area contributed by atoms with Crippen molar-refractivity contribution in [2.75, 3.05) is 32.1 Å². The van der Waals surface area contributed by atoms with Crippen LogP contribution in [0.2, 0.25) is 0 Å². The van der Waals surface area contributed by atoms with Gasteiger partial charge in [-0.05, 0) is 25.6 Å². The quantitative estimate of drug-likeness (QED) is 0.760. The molecule has 0 aliphatic heterocycles. The highest BCUT2D eigenvalue weighted by molar-refractivity contribution is 7.89. The van der Waals surface area contributed by atoms with E-state index < -0.39 is 16.0 Å². The maximum Gasteiger partial charge on any atom is 0.325 e.